The van der Waals surface area contributed by atoms with Crippen molar-refractivity contribution in [2.75, 3.05) is 18.0 Å². The Morgan fingerprint density at radius 3 is 2.58 bits per heavy atom. The van der Waals surface area contributed by atoms with Gasteiger partial charge in [-0.15, -0.1) is 0 Å². The number of phenolic OH excluding ortho intramolecular Hbond substituents is 1. The molecule has 1 aromatic heterocycles. The van der Waals surface area contributed by atoms with Gasteiger partial charge in [0, 0.05) is 24.7 Å². The van der Waals surface area contributed by atoms with E-state index in [2.05, 4.69) is 4.90 Å². The van der Waals surface area contributed by atoms with Crippen LogP contribution < -0.4 is 10.3 Å². The van der Waals surface area contributed by atoms with Crippen molar-refractivity contribution < 1.29 is 9.52 Å². The van der Waals surface area contributed by atoms with Crippen LogP contribution in [-0.4, -0.2) is 18.2 Å². The van der Waals surface area contributed by atoms with Crippen LogP contribution in [0.1, 0.15) is 12.8 Å². The molecule has 2 heterocycles. The molecule has 1 aliphatic heterocycles. The quantitative estimate of drug-likeness (QED) is 0.749. The molecule has 1 fully saturated rings. The molecule has 1 aliphatic rings. The van der Waals surface area contributed by atoms with Crippen LogP contribution in [0.2, 0.25) is 5.02 Å². The molecule has 1 saturated heterocycles. The largest absolute Gasteiger partial charge is 0.507 e. The molecule has 0 aliphatic carbocycles. The zero-order valence-electron chi connectivity index (χ0n) is 13.0. The van der Waals surface area contributed by atoms with Gasteiger partial charge in [-0.1, -0.05) is 23.7 Å². The van der Waals surface area contributed by atoms with Crippen LogP contribution in [0, 0.1) is 0 Å². The minimum atomic E-state index is -0.273. The van der Waals surface area contributed by atoms with E-state index in [9.17, 15) is 9.90 Å². The number of hydrogen-bond donors (Lipinski definition) is 1. The first-order valence-electron chi connectivity index (χ1n) is 7.95. The zero-order chi connectivity index (χ0) is 16.7. The Morgan fingerprint density at radius 2 is 1.83 bits per heavy atom. The van der Waals surface area contributed by atoms with E-state index in [0.29, 0.717) is 21.9 Å². The smallest absolute Gasteiger partial charge is 0.197 e. The van der Waals surface area contributed by atoms with Crippen molar-refractivity contribution in [1.82, 2.24) is 0 Å². The van der Waals surface area contributed by atoms with Crippen molar-refractivity contribution in [2.24, 2.45) is 0 Å². The maximum Gasteiger partial charge on any atom is 0.197 e. The summed E-state index contributed by atoms with van der Waals surface area (Å²) in [5.41, 5.74) is 1.64. The van der Waals surface area contributed by atoms with Crippen LogP contribution in [0.5, 0.6) is 5.75 Å². The average Bonchev–Trinajstić information content (AvgIpc) is 3.09. The molecule has 24 heavy (non-hydrogen) atoms. The highest BCUT2D eigenvalue weighted by Crippen LogP contribution is 2.36. The predicted octanol–water partition coefficient (Wildman–Crippen LogP) is 4.42. The Hall–Kier alpha value is -2.46. The van der Waals surface area contributed by atoms with E-state index in [-0.39, 0.29) is 16.6 Å². The summed E-state index contributed by atoms with van der Waals surface area (Å²) in [4.78, 5) is 14.8. The van der Waals surface area contributed by atoms with E-state index < -0.39 is 0 Å². The first-order chi connectivity index (χ1) is 11.6. The minimum Gasteiger partial charge on any atom is -0.507 e. The fourth-order valence-corrected chi connectivity index (χ4v) is 3.46. The molecule has 0 saturated carbocycles. The number of rotatable bonds is 2. The summed E-state index contributed by atoms with van der Waals surface area (Å²) < 4.78 is 6.05. The van der Waals surface area contributed by atoms with E-state index in [1.165, 1.54) is 6.07 Å². The van der Waals surface area contributed by atoms with Gasteiger partial charge in [0.15, 0.2) is 11.0 Å². The molecule has 0 unspecified atom stereocenters. The number of phenols is 1. The summed E-state index contributed by atoms with van der Waals surface area (Å²) >= 11 is 6.24. The van der Waals surface area contributed by atoms with Gasteiger partial charge in [-0.25, -0.2) is 0 Å². The highest BCUT2D eigenvalue weighted by Gasteiger charge is 2.20. The van der Waals surface area contributed by atoms with E-state index in [1.54, 1.807) is 12.1 Å². The molecule has 0 spiro atoms. The van der Waals surface area contributed by atoms with Crippen molar-refractivity contribution in [3.05, 3.63) is 57.7 Å². The van der Waals surface area contributed by atoms with Gasteiger partial charge in [0.1, 0.15) is 16.9 Å². The van der Waals surface area contributed by atoms with Crippen LogP contribution in [0.15, 0.2) is 51.7 Å². The molecule has 1 N–H and O–H groups in total. The standard InChI is InChI=1S/C19H16ClNO3/c20-13-6-2-1-5-12(13)17-11-16(23)18-15(22)8-7-14(19(18)24-17)21-9-3-4-10-21/h1-2,5-8,11,22H,3-4,9-10H2. The predicted molar refractivity (Wildman–Crippen MR) is 96.0 cm³/mol. The number of aromatic hydroxyl groups is 1. The lowest BCUT2D eigenvalue weighted by Crippen LogP contribution is -2.18. The highest BCUT2D eigenvalue weighted by molar-refractivity contribution is 6.33. The normalized spacial score (nSPS) is 14.5. The van der Waals surface area contributed by atoms with Crippen molar-refractivity contribution in [1.29, 1.82) is 0 Å². The van der Waals surface area contributed by atoms with E-state index >= 15 is 0 Å². The number of anilines is 1. The van der Waals surface area contributed by atoms with Crippen LogP contribution >= 0.6 is 11.6 Å². The van der Waals surface area contributed by atoms with Crippen molar-refractivity contribution in [3.8, 4) is 17.1 Å². The number of benzene rings is 2. The fourth-order valence-electron chi connectivity index (χ4n) is 3.23. The van der Waals surface area contributed by atoms with Gasteiger partial charge >= 0.3 is 0 Å². The summed E-state index contributed by atoms with van der Waals surface area (Å²) in [6.45, 7) is 1.83. The maximum atomic E-state index is 12.6. The Morgan fingerprint density at radius 1 is 1.08 bits per heavy atom. The van der Waals surface area contributed by atoms with Crippen molar-refractivity contribution >= 4 is 28.3 Å². The molecule has 0 bridgehead atoms. The molecule has 2 aromatic carbocycles. The summed E-state index contributed by atoms with van der Waals surface area (Å²) in [5, 5.41) is 10.9. The lowest BCUT2D eigenvalue weighted by molar-refractivity contribution is 0.479. The Labute approximate surface area is 143 Å². The molecule has 122 valence electrons. The third-order valence-electron chi connectivity index (χ3n) is 4.42. The molecular weight excluding hydrogens is 326 g/mol. The molecule has 3 aromatic rings. The molecule has 0 radical (unpaired) electrons. The second-order valence-corrected chi connectivity index (χ2v) is 6.36. The molecule has 0 atom stereocenters. The molecule has 0 amide bonds. The SMILES string of the molecule is O=c1cc(-c2ccccc2Cl)oc2c(N3CCCC3)ccc(O)c12. The molecular formula is C19H16ClNO3. The first-order valence-corrected chi connectivity index (χ1v) is 8.32. The Balaban J connectivity index is 2.01. The van der Waals surface area contributed by atoms with Gasteiger partial charge in [0.25, 0.3) is 0 Å². The third kappa shape index (κ3) is 2.43. The molecule has 4 nitrogen and oxygen atoms in total. The number of halogens is 1. The van der Waals surface area contributed by atoms with Gasteiger partial charge < -0.3 is 14.4 Å². The van der Waals surface area contributed by atoms with Crippen molar-refractivity contribution in [2.45, 2.75) is 12.8 Å². The maximum absolute atomic E-state index is 12.6. The van der Waals surface area contributed by atoms with Gasteiger partial charge in [-0.3, -0.25) is 4.79 Å². The van der Waals surface area contributed by atoms with Crippen LogP contribution in [0.4, 0.5) is 5.69 Å². The molecule has 4 rings (SSSR count). The van der Waals surface area contributed by atoms with E-state index in [1.807, 2.05) is 24.3 Å². The topological polar surface area (TPSA) is 53.7 Å². The van der Waals surface area contributed by atoms with Crippen molar-refractivity contribution in [3.63, 3.8) is 0 Å². The highest BCUT2D eigenvalue weighted by atomic mass is 35.5. The van der Waals surface area contributed by atoms with Gasteiger partial charge in [0.2, 0.25) is 0 Å². The minimum absolute atomic E-state index is 0.0626. The Bertz CT molecular complexity index is 974. The summed E-state index contributed by atoms with van der Waals surface area (Å²) in [6, 6.07) is 12.0. The summed E-state index contributed by atoms with van der Waals surface area (Å²) in [6.07, 6.45) is 2.22. The Kier molecular flexibility index (Phi) is 3.69. The van der Waals surface area contributed by atoms with Crippen LogP contribution in [-0.2, 0) is 0 Å². The third-order valence-corrected chi connectivity index (χ3v) is 4.75. The monoisotopic (exact) mass is 341 g/mol. The van der Waals surface area contributed by atoms with Crippen LogP contribution in [0.25, 0.3) is 22.3 Å². The van der Waals surface area contributed by atoms with E-state index in [0.717, 1.165) is 31.6 Å². The second kappa shape index (κ2) is 5.87. The lowest BCUT2D eigenvalue weighted by atomic mass is 10.1. The van der Waals surface area contributed by atoms with Crippen LogP contribution in [0.3, 0.4) is 0 Å². The zero-order valence-corrected chi connectivity index (χ0v) is 13.7. The first kappa shape index (κ1) is 15.1. The lowest BCUT2D eigenvalue weighted by Gasteiger charge is -2.19. The van der Waals surface area contributed by atoms with Gasteiger partial charge in [-0.05, 0) is 37.1 Å². The molecule has 5 heteroatoms. The number of fused-ring (bicyclic) bond motifs is 1. The summed E-state index contributed by atoms with van der Waals surface area (Å²) in [5.74, 6) is 0.344. The fraction of sp³-hybridized carbons (Fsp3) is 0.211. The summed E-state index contributed by atoms with van der Waals surface area (Å²) in [7, 11) is 0. The van der Waals surface area contributed by atoms with Gasteiger partial charge in [0.05, 0.1) is 10.7 Å². The van der Waals surface area contributed by atoms with E-state index in [4.69, 9.17) is 16.0 Å². The van der Waals surface area contributed by atoms with Gasteiger partial charge in [-0.2, -0.15) is 0 Å². The average molecular weight is 342 g/mol. The second-order valence-electron chi connectivity index (χ2n) is 5.96. The number of nitrogens with zero attached hydrogens (tertiary/aromatic N) is 1. The number of hydrogen-bond acceptors (Lipinski definition) is 4.